The van der Waals surface area contributed by atoms with E-state index in [4.69, 9.17) is 0 Å². The van der Waals surface area contributed by atoms with Crippen molar-refractivity contribution in [3.63, 3.8) is 0 Å². The third kappa shape index (κ3) is 3.09. The summed E-state index contributed by atoms with van der Waals surface area (Å²) in [6.45, 7) is 2.25. The predicted molar refractivity (Wildman–Crippen MR) is 80.9 cm³/mol. The average Bonchev–Trinajstić information content (AvgIpc) is 2.88. The van der Waals surface area contributed by atoms with Crippen LogP contribution in [0, 0.1) is 0 Å². The Morgan fingerprint density at radius 3 is 2.74 bits per heavy atom. The lowest BCUT2D eigenvalue weighted by Crippen LogP contribution is -2.37. The molecule has 0 bridgehead atoms. The van der Waals surface area contributed by atoms with E-state index in [9.17, 15) is 4.21 Å². The zero-order valence-corrected chi connectivity index (χ0v) is 12.5. The first-order valence-electron chi connectivity index (χ1n) is 7.45. The van der Waals surface area contributed by atoms with Gasteiger partial charge >= 0.3 is 0 Å². The molecule has 2 nitrogen and oxygen atoms in total. The van der Waals surface area contributed by atoms with Crippen LogP contribution in [0.4, 0.5) is 0 Å². The molecule has 0 saturated carbocycles. The van der Waals surface area contributed by atoms with E-state index in [0.29, 0.717) is 12.1 Å². The lowest BCUT2D eigenvalue weighted by atomic mass is 10.0. The number of nitrogens with one attached hydrogen (secondary N) is 1. The van der Waals surface area contributed by atoms with E-state index in [1.807, 2.05) is 0 Å². The Morgan fingerprint density at radius 1 is 1.21 bits per heavy atom. The summed E-state index contributed by atoms with van der Waals surface area (Å²) >= 11 is 0. The second kappa shape index (κ2) is 5.76. The van der Waals surface area contributed by atoms with Crippen LogP contribution in [0.1, 0.15) is 48.9 Å². The van der Waals surface area contributed by atoms with Crippen LogP contribution in [0.25, 0.3) is 0 Å². The smallest absolute Gasteiger partial charge is 0.0294 e. The van der Waals surface area contributed by atoms with E-state index in [-0.39, 0.29) is 0 Å². The van der Waals surface area contributed by atoms with E-state index in [1.165, 1.54) is 24.8 Å². The summed E-state index contributed by atoms with van der Waals surface area (Å²) in [7, 11) is -0.560. The van der Waals surface area contributed by atoms with Gasteiger partial charge in [-0.1, -0.05) is 18.2 Å². The minimum atomic E-state index is -0.560. The molecule has 1 saturated heterocycles. The zero-order valence-electron chi connectivity index (χ0n) is 11.7. The summed E-state index contributed by atoms with van der Waals surface area (Å²) < 4.78 is 11.4. The molecule has 3 heteroatoms. The molecule has 0 radical (unpaired) electrons. The SMILES string of the molecule is CC(NC1CCS(=O)CC1)c1ccc2c(c1)CCC2. The number of benzene rings is 1. The molecule has 19 heavy (non-hydrogen) atoms. The topological polar surface area (TPSA) is 29.1 Å². The van der Waals surface area contributed by atoms with Gasteiger partial charge in [0, 0.05) is 34.4 Å². The molecule has 1 atom stereocenters. The Morgan fingerprint density at radius 2 is 1.95 bits per heavy atom. The summed E-state index contributed by atoms with van der Waals surface area (Å²) in [5.41, 5.74) is 4.51. The van der Waals surface area contributed by atoms with Crippen molar-refractivity contribution in [1.29, 1.82) is 0 Å². The molecule has 1 aromatic rings. The van der Waals surface area contributed by atoms with Crippen LogP contribution >= 0.6 is 0 Å². The maximum absolute atomic E-state index is 11.4. The number of hydrogen-bond acceptors (Lipinski definition) is 2. The summed E-state index contributed by atoms with van der Waals surface area (Å²) in [6, 6.07) is 7.93. The first-order valence-corrected chi connectivity index (χ1v) is 8.94. The van der Waals surface area contributed by atoms with E-state index in [0.717, 1.165) is 24.3 Å². The van der Waals surface area contributed by atoms with Crippen molar-refractivity contribution in [1.82, 2.24) is 5.32 Å². The normalized spacial score (nSPS) is 28.1. The fraction of sp³-hybridized carbons (Fsp3) is 0.625. The monoisotopic (exact) mass is 277 g/mol. The second-order valence-corrected chi connectivity index (χ2v) is 7.59. The quantitative estimate of drug-likeness (QED) is 0.920. The zero-order chi connectivity index (χ0) is 13.2. The maximum Gasteiger partial charge on any atom is 0.0294 e. The highest BCUT2D eigenvalue weighted by molar-refractivity contribution is 7.85. The highest BCUT2D eigenvalue weighted by atomic mass is 32.2. The molecule has 3 rings (SSSR count). The third-order valence-electron chi connectivity index (χ3n) is 4.50. The van der Waals surface area contributed by atoms with Crippen LogP contribution in [-0.2, 0) is 23.6 Å². The van der Waals surface area contributed by atoms with Crippen LogP contribution in [0.15, 0.2) is 18.2 Å². The first-order chi connectivity index (χ1) is 9.22. The van der Waals surface area contributed by atoms with Gasteiger partial charge in [0.2, 0.25) is 0 Å². The van der Waals surface area contributed by atoms with Crippen LogP contribution < -0.4 is 5.32 Å². The molecule has 1 unspecified atom stereocenters. The first kappa shape index (κ1) is 13.3. The molecule has 0 amide bonds. The molecular formula is C16H23NOS. The highest BCUT2D eigenvalue weighted by Crippen LogP contribution is 2.26. The molecule has 2 aliphatic rings. The molecule has 1 aliphatic carbocycles. The van der Waals surface area contributed by atoms with Gasteiger partial charge in [0.25, 0.3) is 0 Å². The minimum Gasteiger partial charge on any atom is -0.307 e. The van der Waals surface area contributed by atoms with Crippen molar-refractivity contribution in [2.75, 3.05) is 11.5 Å². The molecular weight excluding hydrogens is 254 g/mol. The standard InChI is InChI=1S/C16H23NOS/c1-12(17-16-7-9-19(18)10-8-16)14-6-5-13-3-2-4-15(13)11-14/h5-6,11-12,16-17H,2-4,7-10H2,1H3. The molecule has 1 fully saturated rings. The van der Waals surface area contributed by atoms with E-state index >= 15 is 0 Å². The van der Waals surface area contributed by atoms with Gasteiger partial charge in [-0.05, 0) is 55.7 Å². The van der Waals surface area contributed by atoms with Gasteiger partial charge in [0.05, 0.1) is 0 Å². The highest BCUT2D eigenvalue weighted by Gasteiger charge is 2.20. The lowest BCUT2D eigenvalue weighted by Gasteiger charge is -2.26. The Balaban J connectivity index is 1.63. The van der Waals surface area contributed by atoms with Gasteiger partial charge in [-0.3, -0.25) is 4.21 Å². The molecule has 0 spiro atoms. The summed E-state index contributed by atoms with van der Waals surface area (Å²) in [4.78, 5) is 0. The fourth-order valence-corrected chi connectivity index (χ4v) is 4.57. The van der Waals surface area contributed by atoms with Gasteiger partial charge in [0.15, 0.2) is 0 Å². The second-order valence-electron chi connectivity index (χ2n) is 5.89. The third-order valence-corrected chi connectivity index (χ3v) is 5.88. The van der Waals surface area contributed by atoms with Crippen molar-refractivity contribution in [3.05, 3.63) is 34.9 Å². The molecule has 1 heterocycles. The van der Waals surface area contributed by atoms with Crippen molar-refractivity contribution < 1.29 is 4.21 Å². The molecule has 0 aromatic heterocycles. The number of rotatable bonds is 3. The van der Waals surface area contributed by atoms with Crippen molar-refractivity contribution in [2.24, 2.45) is 0 Å². The van der Waals surface area contributed by atoms with E-state index < -0.39 is 10.8 Å². The fourth-order valence-electron chi connectivity index (χ4n) is 3.27. The van der Waals surface area contributed by atoms with Gasteiger partial charge in [-0.15, -0.1) is 0 Å². The van der Waals surface area contributed by atoms with Crippen molar-refractivity contribution >= 4 is 10.8 Å². The summed E-state index contributed by atoms with van der Waals surface area (Å²) in [5.74, 6) is 1.74. The largest absolute Gasteiger partial charge is 0.307 e. The average molecular weight is 277 g/mol. The molecule has 104 valence electrons. The van der Waals surface area contributed by atoms with Crippen molar-refractivity contribution in [2.45, 2.75) is 51.1 Å². The summed E-state index contributed by atoms with van der Waals surface area (Å²) in [6.07, 6.45) is 5.93. The molecule has 1 aliphatic heterocycles. The van der Waals surface area contributed by atoms with Gasteiger partial charge in [0.1, 0.15) is 0 Å². The minimum absolute atomic E-state index is 0.405. The maximum atomic E-state index is 11.4. The number of hydrogen-bond donors (Lipinski definition) is 1. The van der Waals surface area contributed by atoms with Gasteiger partial charge < -0.3 is 5.32 Å². The predicted octanol–water partition coefficient (Wildman–Crippen LogP) is 2.74. The lowest BCUT2D eigenvalue weighted by molar-refractivity contribution is 0.427. The van der Waals surface area contributed by atoms with E-state index in [1.54, 1.807) is 11.1 Å². The molecule has 1 N–H and O–H groups in total. The van der Waals surface area contributed by atoms with Crippen molar-refractivity contribution in [3.8, 4) is 0 Å². The van der Waals surface area contributed by atoms with Crippen LogP contribution in [0.2, 0.25) is 0 Å². The molecule has 1 aromatic carbocycles. The Bertz CT molecular complexity index is 476. The number of fused-ring (bicyclic) bond motifs is 1. The Labute approximate surface area is 118 Å². The number of aryl methyl sites for hydroxylation is 2. The summed E-state index contributed by atoms with van der Waals surface area (Å²) in [5, 5.41) is 3.71. The Kier molecular flexibility index (Phi) is 4.04. The van der Waals surface area contributed by atoms with Crippen LogP contribution in [0.3, 0.4) is 0 Å². The Hall–Kier alpha value is -0.670. The van der Waals surface area contributed by atoms with Crippen LogP contribution in [-0.4, -0.2) is 21.8 Å². The van der Waals surface area contributed by atoms with Gasteiger partial charge in [-0.25, -0.2) is 0 Å². The van der Waals surface area contributed by atoms with Gasteiger partial charge in [-0.2, -0.15) is 0 Å². The van der Waals surface area contributed by atoms with Crippen LogP contribution in [0.5, 0.6) is 0 Å². The van der Waals surface area contributed by atoms with E-state index in [2.05, 4.69) is 30.4 Å².